The van der Waals surface area contributed by atoms with Crippen LogP contribution in [0.5, 0.6) is 0 Å². The monoisotopic (exact) mass is 472 g/mol. The van der Waals surface area contributed by atoms with E-state index >= 15 is 0 Å². The van der Waals surface area contributed by atoms with Gasteiger partial charge in [-0.15, -0.1) is 11.3 Å². The predicted molar refractivity (Wildman–Crippen MR) is 143 cm³/mol. The summed E-state index contributed by atoms with van der Waals surface area (Å²) in [5.41, 5.74) is 3.54. The predicted octanol–water partition coefficient (Wildman–Crippen LogP) is 5.90. The van der Waals surface area contributed by atoms with Gasteiger partial charge in [-0.2, -0.15) is 0 Å². The Morgan fingerprint density at radius 2 is 1.88 bits per heavy atom. The molecule has 4 heterocycles. The minimum Gasteiger partial charge on any atom is -0.362 e. The number of hydrogen-bond donors (Lipinski definition) is 1. The third kappa shape index (κ3) is 4.76. The fraction of sp³-hybridized carbons (Fsp3) is 0.370. The molecule has 0 radical (unpaired) electrons. The van der Waals surface area contributed by atoms with E-state index in [4.69, 9.17) is 4.98 Å². The minimum absolute atomic E-state index is 0.126. The number of thiophene rings is 1. The molecule has 1 fully saturated rings. The molecule has 34 heavy (non-hydrogen) atoms. The highest BCUT2D eigenvalue weighted by molar-refractivity contribution is 7.15. The van der Waals surface area contributed by atoms with Crippen LogP contribution in [-0.2, 0) is 6.54 Å². The molecule has 0 bridgehead atoms. The van der Waals surface area contributed by atoms with Crippen LogP contribution in [0.1, 0.15) is 42.1 Å². The number of aromatic nitrogens is 3. The molecule has 1 aromatic carbocycles. The van der Waals surface area contributed by atoms with E-state index in [1.807, 2.05) is 24.5 Å². The molecule has 6 nitrogen and oxygen atoms in total. The molecule has 1 N–H and O–H groups in total. The molecular formula is C27H32N6S. The Hall–Kier alpha value is -3.03. The molecule has 176 valence electrons. The van der Waals surface area contributed by atoms with Crippen LogP contribution in [0, 0.1) is 6.92 Å². The van der Waals surface area contributed by atoms with Crippen molar-refractivity contribution >= 4 is 33.9 Å². The minimum atomic E-state index is 0.126. The fourth-order valence-electron chi connectivity index (χ4n) is 4.61. The number of nitrogens with one attached hydrogen (secondary N) is 1. The van der Waals surface area contributed by atoms with E-state index in [2.05, 4.69) is 88.6 Å². The number of fused-ring (bicyclic) bond motifs is 1. The molecule has 0 aliphatic carbocycles. The van der Waals surface area contributed by atoms with Crippen molar-refractivity contribution in [3.63, 3.8) is 0 Å². The van der Waals surface area contributed by atoms with Crippen molar-refractivity contribution in [3.8, 4) is 10.4 Å². The lowest BCUT2D eigenvalue weighted by Gasteiger charge is -2.19. The van der Waals surface area contributed by atoms with Crippen molar-refractivity contribution in [1.29, 1.82) is 0 Å². The lowest BCUT2D eigenvalue weighted by molar-refractivity contribution is 0.403. The SMILES string of the molecule is Cc1nc(NC(C)c2ccc(-c3ccccc3CN(C)C)s2)c2cc(N3CCCC3)ncc2n1. The van der Waals surface area contributed by atoms with Crippen molar-refractivity contribution in [3.05, 3.63) is 64.9 Å². The highest BCUT2D eigenvalue weighted by Crippen LogP contribution is 2.35. The summed E-state index contributed by atoms with van der Waals surface area (Å²) in [6, 6.07) is 15.4. The first-order valence-electron chi connectivity index (χ1n) is 12.0. The van der Waals surface area contributed by atoms with E-state index in [9.17, 15) is 0 Å². The third-order valence-corrected chi connectivity index (χ3v) is 7.59. The molecule has 1 saturated heterocycles. The molecule has 3 aromatic heterocycles. The van der Waals surface area contributed by atoms with Crippen molar-refractivity contribution in [2.24, 2.45) is 0 Å². The van der Waals surface area contributed by atoms with Crippen molar-refractivity contribution in [2.75, 3.05) is 37.4 Å². The van der Waals surface area contributed by atoms with E-state index in [1.54, 1.807) is 0 Å². The topological polar surface area (TPSA) is 57.2 Å². The van der Waals surface area contributed by atoms with Gasteiger partial charge in [0.15, 0.2) is 0 Å². The number of anilines is 2. The smallest absolute Gasteiger partial charge is 0.138 e. The van der Waals surface area contributed by atoms with Gasteiger partial charge in [-0.25, -0.2) is 15.0 Å². The number of rotatable bonds is 7. The van der Waals surface area contributed by atoms with Gasteiger partial charge in [0.1, 0.15) is 17.5 Å². The standard InChI is InChI=1S/C27H32N6S/c1-18(24-11-12-25(34-24)21-10-6-5-9-20(21)17-32(3)4)29-27-22-15-26(33-13-7-8-14-33)28-16-23(22)30-19(2)31-27/h5-6,9-12,15-16,18H,7-8,13-14,17H2,1-4H3,(H,29,30,31). The molecule has 0 saturated carbocycles. The van der Waals surface area contributed by atoms with Crippen LogP contribution in [0.15, 0.2) is 48.7 Å². The number of hydrogen-bond acceptors (Lipinski definition) is 7. The van der Waals surface area contributed by atoms with Gasteiger partial charge in [0.2, 0.25) is 0 Å². The summed E-state index contributed by atoms with van der Waals surface area (Å²) in [7, 11) is 4.22. The van der Waals surface area contributed by atoms with E-state index in [-0.39, 0.29) is 6.04 Å². The normalized spacial score (nSPS) is 14.8. The Morgan fingerprint density at radius 3 is 2.68 bits per heavy atom. The number of pyridine rings is 1. The average Bonchev–Trinajstić information content (AvgIpc) is 3.51. The second-order valence-electron chi connectivity index (χ2n) is 9.34. The van der Waals surface area contributed by atoms with Crippen LogP contribution in [-0.4, -0.2) is 47.0 Å². The Balaban J connectivity index is 1.43. The summed E-state index contributed by atoms with van der Waals surface area (Å²) in [6.07, 6.45) is 4.34. The Kier molecular flexibility index (Phi) is 6.48. The molecule has 1 aliphatic heterocycles. The quantitative estimate of drug-likeness (QED) is 0.362. The van der Waals surface area contributed by atoms with Gasteiger partial charge in [0, 0.05) is 34.8 Å². The molecule has 1 atom stereocenters. The molecule has 1 unspecified atom stereocenters. The van der Waals surface area contributed by atoms with Crippen LogP contribution in [0.25, 0.3) is 21.3 Å². The number of nitrogens with zero attached hydrogens (tertiary/aromatic N) is 5. The van der Waals surface area contributed by atoms with Crippen molar-refractivity contribution in [2.45, 2.75) is 39.3 Å². The second-order valence-corrected chi connectivity index (χ2v) is 10.5. The maximum absolute atomic E-state index is 4.78. The van der Waals surface area contributed by atoms with Crippen LogP contribution < -0.4 is 10.2 Å². The second kappa shape index (κ2) is 9.68. The van der Waals surface area contributed by atoms with Gasteiger partial charge in [-0.3, -0.25) is 0 Å². The first kappa shape index (κ1) is 22.7. The number of aryl methyl sites for hydroxylation is 1. The highest BCUT2D eigenvalue weighted by Gasteiger charge is 2.18. The largest absolute Gasteiger partial charge is 0.362 e. The lowest BCUT2D eigenvalue weighted by atomic mass is 10.1. The van der Waals surface area contributed by atoms with E-state index < -0.39 is 0 Å². The van der Waals surface area contributed by atoms with Crippen LogP contribution >= 0.6 is 11.3 Å². The molecular weight excluding hydrogens is 440 g/mol. The van der Waals surface area contributed by atoms with Gasteiger partial charge in [0.25, 0.3) is 0 Å². The summed E-state index contributed by atoms with van der Waals surface area (Å²) in [6.45, 7) is 7.20. The van der Waals surface area contributed by atoms with Gasteiger partial charge < -0.3 is 15.1 Å². The van der Waals surface area contributed by atoms with E-state index in [1.165, 1.54) is 33.7 Å². The number of benzene rings is 1. The van der Waals surface area contributed by atoms with Gasteiger partial charge >= 0.3 is 0 Å². The summed E-state index contributed by atoms with van der Waals surface area (Å²) < 4.78 is 0. The molecule has 7 heteroatoms. The summed E-state index contributed by atoms with van der Waals surface area (Å²) in [5.74, 6) is 2.65. The van der Waals surface area contributed by atoms with Gasteiger partial charge in [-0.05, 0) is 70.1 Å². The first-order valence-corrected chi connectivity index (χ1v) is 12.8. The molecule has 0 amide bonds. The van der Waals surface area contributed by atoms with E-state index in [0.29, 0.717) is 0 Å². The Morgan fingerprint density at radius 1 is 1.09 bits per heavy atom. The summed E-state index contributed by atoms with van der Waals surface area (Å²) >= 11 is 1.84. The zero-order valence-electron chi connectivity index (χ0n) is 20.4. The fourth-order valence-corrected chi connectivity index (χ4v) is 5.68. The zero-order chi connectivity index (χ0) is 23.7. The maximum atomic E-state index is 4.78. The molecule has 4 aromatic rings. The van der Waals surface area contributed by atoms with Gasteiger partial charge in [0.05, 0.1) is 17.8 Å². The average molecular weight is 473 g/mol. The lowest BCUT2D eigenvalue weighted by Crippen LogP contribution is -2.19. The molecule has 5 rings (SSSR count). The van der Waals surface area contributed by atoms with Crippen molar-refractivity contribution < 1.29 is 0 Å². The zero-order valence-corrected chi connectivity index (χ0v) is 21.2. The van der Waals surface area contributed by atoms with E-state index in [0.717, 1.165) is 48.0 Å². The maximum Gasteiger partial charge on any atom is 0.138 e. The third-order valence-electron chi connectivity index (χ3n) is 6.29. The van der Waals surface area contributed by atoms with Crippen LogP contribution in [0.3, 0.4) is 0 Å². The molecule has 0 spiro atoms. The van der Waals surface area contributed by atoms with Crippen LogP contribution in [0.2, 0.25) is 0 Å². The van der Waals surface area contributed by atoms with Crippen LogP contribution in [0.4, 0.5) is 11.6 Å². The summed E-state index contributed by atoms with van der Waals surface area (Å²) in [4.78, 5) is 21.2. The Labute approximate surface area is 205 Å². The van der Waals surface area contributed by atoms with Gasteiger partial charge in [-0.1, -0.05) is 24.3 Å². The summed E-state index contributed by atoms with van der Waals surface area (Å²) in [5, 5.41) is 4.71. The van der Waals surface area contributed by atoms with Crippen molar-refractivity contribution in [1.82, 2.24) is 19.9 Å². The molecule has 1 aliphatic rings. The highest BCUT2D eigenvalue weighted by atomic mass is 32.1. The Bertz CT molecular complexity index is 1290. The first-order chi connectivity index (χ1) is 16.5.